The van der Waals surface area contributed by atoms with Crippen LogP contribution in [0.2, 0.25) is 0 Å². The van der Waals surface area contributed by atoms with Gasteiger partial charge in [-0.25, -0.2) is 22.3 Å². The average molecular weight is 398 g/mol. The molecule has 0 fully saturated rings. The molecule has 1 aromatic carbocycles. The second-order valence-electron chi connectivity index (χ2n) is 5.73. The molecule has 1 aromatic heterocycles. The molecule has 27 heavy (non-hydrogen) atoms. The van der Waals surface area contributed by atoms with E-state index in [2.05, 4.69) is 9.82 Å². The first kappa shape index (κ1) is 20.4. The Hall–Kier alpha value is -2.95. The highest BCUT2D eigenvalue weighted by molar-refractivity contribution is 7.92. The van der Waals surface area contributed by atoms with Gasteiger partial charge < -0.3 is 10.5 Å². The fourth-order valence-corrected chi connectivity index (χ4v) is 2.95. The topological polar surface area (TPSA) is 133 Å². The predicted molar refractivity (Wildman–Crippen MR) is 96.5 cm³/mol. The third kappa shape index (κ3) is 4.82. The average Bonchev–Trinajstić information content (AvgIpc) is 2.85. The molecule has 0 bridgehead atoms. The zero-order valence-electron chi connectivity index (χ0n) is 14.9. The number of esters is 1. The van der Waals surface area contributed by atoms with Gasteiger partial charge in [0.25, 0.3) is 0 Å². The summed E-state index contributed by atoms with van der Waals surface area (Å²) in [5.41, 5.74) is 5.87. The van der Waals surface area contributed by atoms with Crippen LogP contribution < -0.4 is 10.5 Å². The van der Waals surface area contributed by atoms with Crippen molar-refractivity contribution < 1.29 is 27.1 Å². The van der Waals surface area contributed by atoms with Crippen molar-refractivity contribution in [1.82, 2.24) is 9.78 Å². The van der Waals surface area contributed by atoms with Crippen molar-refractivity contribution in [3.05, 3.63) is 40.8 Å². The number of nitrogens with zero attached hydrogens (tertiary/aromatic N) is 2. The van der Waals surface area contributed by atoms with E-state index in [1.807, 2.05) is 0 Å². The van der Waals surface area contributed by atoms with Gasteiger partial charge in [-0.3, -0.25) is 9.52 Å². The first-order valence-corrected chi connectivity index (χ1v) is 9.73. The normalized spacial score (nSPS) is 11.3. The van der Waals surface area contributed by atoms with Crippen molar-refractivity contribution in [2.24, 2.45) is 0 Å². The fourth-order valence-electron chi connectivity index (χ4n) is 2.39. The minimum Gasteiger partial charge on any atom is -0.454 e. The molecule has 2 aromatic rings. The quantitative estimate of drug-likeness (QED) is 0.531. The zero-order chi connectivity index (χ0) is 20.4. The van der Waals surface area contributed by atoms with Gasteiger partial charge in [0.1, 0.15) is 17.2 Å². The van der Waals surface area contributed by atoms with Gasteiger partial charge in [0.2, 0.25) is 15.8 Å². The molecule has 9 nitrogen and oxygen atoms in total. The lowest BCUT2D eigenvalue weighted by molar-refractivity contribution is 0.0474. The highest BCUT2D eigenvalue weighted by atomic mass is 32.2. The highest BCUT2D eigenvalue weighted by Gasteiger charge is 2.22. The number of benzene rings is 1. The number of Topliss-reactive ketones (excluding diaryl/α,β-unsaturated/α-hetero) is 1. The summed E-state index contributed by atoms with van der Waals surface area (Å²) < 4.78 is 44.8. The van der Waals surface area contributed by atoms with Gasteiger partial charge in [0, 0.05) is 6.54 Å². The Morgan fingerprint density at radius 1 is 1.37 bits per heavy atom. The number of carbonyl (C=O) groups excluding carboxylic acids is 2. The first-order chi connectivity index (χ1) is 12.5. The molecule has 2 rings (SSSR count). The Morgan fingerprint density at radius 2 is 2.04 bits per heavy atom. The SMILES string of the molecule is CCn1nc(C)c(C(=O)OCC(=O)c2ccc(NS(C)(=O)=O)cc2F)c1N. The van der Waals surface area contributed by atoms with E-state index in [0.717, 1.165) is 18.4 Å². The third-order valence-corrected chi connectivity index (χ3v) is 4.18. The van der Waals surface area contributed by atoms with Gasteiger partial charge in [-0.1, -0.05) is 0 Å². The lowest BCUT2D eigenvalue weighted by atomic mass is 10.1. The molecule has 0 aliphatic rings. The number of halogens is 1. The molecule has 11 heteroatoms. The van der Waals surface area contributed by atoms with Crippen LogP contribution >= 0.6 is 0 Å². The minimum absolute atomic E-state index is 0.0288. The first-order valence-electron chi connectivity index (χ1n) is 7.84. The summed E-state index contributed by atoms with van der Waals surface area (Å²) in [6.07, 6.45) is 0.914. The van der Waals surface area contributed by atoms with E-state index in [0.29, 0.717) is 12.2 Å². The number of aromatic nitrogens is 2. The molecule has 0 aliphatic heterocycles. The van der Waals surface area contributed by atoms with Crippen LogP contribution in [0.4, 0.5) is 15.9 Å². The van der Waals surface area contributed by atoms with Crippen LogP contribution in [0.3, 0.4) is 0 Å². The van der Waals surface area contributed by atoms with E-state index in [1.165, 1.54) is 10.7 Å². The lowest BCUT2D eigenvalue weighted by Crippen LogP contribution is -2.17. The summed E-state index contributed by atoms with van der Waals surface area (Å²) in [6.45, 7) is 3.13. The van der Waals surface area contributed by atoms with Crippen molar-refractivity contribution in [2.75, 3.05) is 23.3 Å². The molecular weight excluding hydrogens is 379 g/mol. The second kappa shape index (κ2) is 7.74. The van der Waals surface area contributed by atoms with Gasteiger partial charge in [-0.15, -0.1) is 0 Å². The van der Waals surface area contributed by atoms with E-state index >= 15 is 0 Å². The zero-order valence-corrected chi connectivity index (χ0v) is 15.8. The van der Waals surface area contributed by atoms with E-state index in [-0.39, 0.29) is 22.6 Å². The molecule has 0 saturated carbocycles. The highest BCUT2D eigenvalue weighted by Crippen LogP contribution is 2.19. The van der Waals surface area contributed by atoms with Crippen LogP contribution in [0, 0.1) is 12.7 Å². The molecule has 0 spiro atoms. The Kier molecular flexibility index (Phi) is 5.84. The summed E-state index contributed by atoms with van der Waals surface area (Å²) >= 11 is 0. The number of hydrogen-bond acceptors (Lipinski definition) is 7. The molecule has 146 valence electrons. The summed E-state index contributed by atoms with van der Waals surface area (Å²) in [5, 5.41) is 4.08. The molecule has 0 aliphatic carbocycles. The van der Waals surface area contributed by atoms with Crippen LogP contribution in [0.25, 0.3) is 0 Å². The van der Waals surface area contributed by atoms with Crippen molar-refractivity contribution in [3.63, 3.8) is 0 Å². The van der Waals surface area contributed by atoms with Crippen LogP contribution in [0.1, 0.15) is 33.3 Å². The third-order valence-electron chi connectivity index (χ3n) is 3.58. The fraction of sp³-hybridized carbons (Fsp3) is 0.312. The number of nitrogens with one attached hydrogen (secondary N) is 1. The van der Waals surface area contributed by atoms with Gasteiger partial charge in [-0.05, 0) is 32.0 Å². The van der Waals surface area contributed by atoms with Gasteiger partial charge in [0.05, 0.1) is 23.2 Å². The van der Waals surface area contributed by atoms with E-state index in [4.69, 9.17) is 10.5 Å². The van der Waals surface area contributed by atoms with E-state index in [9.17, 15) is 22.4 Å². The number of ether oxygens (including phenoxy) is 1. The van der Waals surface area contributed by atoms with Crippen LogP contribution in [0.15, 0.2) is 18.2 Å². The van der Waals surface area contributed by atoms with Gasteiger partial charge in [0.15, 0.2) is 6.61 Å². The van der Waals surface area contributed by atoms with E-state index in [1.54, 1.807) is 13.8 Å². The monoisotopic (exact) mass is 398 g/mol. The van der Waals surface area contributed by atoms with Crippen molar-refractivity contribution in [2.45, 2.75) is 20.4 Å². The largest absolute Gasteiger partial charge is 0.454 e. The Balaban J connectivity index is 2.10. The number of carbonyl (C=O) groups is 2. The Bertz CT molecular complexity index is 1000. The Morgan fingerprint density at radius 3 is 2.56 bits per heavy atom. The van der Waals surface area contributed by atoms with Gasteiger partial charge >= 0.3 is 5.97 Å². The number of hydrogen-bond donors (Lipinski definition) is 2. The molecule has 0 amide bonds. The van der Waals surface area contributed by atoms with Crippen LogP contribution in [-0.2, 0) is 21.3 Å². The molecule has 0 saturated heterocycles. The van der Waals surface area contributed by atoms with Crippen LogP contribution in [-0.4, -0.2) is 42.8 Å². The van der Waals surface area contributed by atoms with E-state index < -0.39 is 34.2 Å². The molecular formula is C16H19FN4O5S. The van der Waals surface area contributed by atoms with Crippen molar-refractivity contribution in [3.8, 4) is 0 Å². The maximum atomic E-state index is 14.1. The summed E-state index contributed by atoms with van der Waals surface area (Å²) in [5.74, 6) is -2.45. The lowest BCUT2D eigenvalue weighted by Gasteiger charge is -2.08. The molecule has 0 radical (unpaired) electrons. The smallest absolute Gasteiger partial charge is 0.344 e. The summed E-state index contributed by atoms with van der Waals surface area (Å²) in [7, 11) is -3.58. The number of anilines is 2. The van der Waals surface area contributed by atoms with Crippen LogP contribution in [0.5, 0.6) is 0 Å². The van der Waals surface area contributed by atoms with Crippen molar-refractivity contribution >= 4 is 33.3 Å². The number of rotatable bonds is 7. The number of nitrogens with two attached hydrogens (primary N) is 1. The Labute approximate surface area is 155 Å². The van der Waals surface area contributed by atoms with Gasteiger partial charge in [-0.2, -0.15) is 5.10 Å². The predicted octanol–water partition coefficient (Wildman–Crippen LogP) is 1.34. The summed E-state index contributed by atoms with van der Waals surface area (Å²) in [6, 6.07) is 3.20. The number of ketones is 1. The second-order valence-corrected chi connectivity index (χ2v) is 7.48. The number of aryl methyl sites for hydroxylation is 2. The molecule has 1 heterocycles. The molecule has 3 N–H and O–H groups in total. The minimum atomic E-state index is -3.58. The number of sulfonamides is 1. The maximum Gasteiger partial charge on any atom is 0.344 e. The standard InChI is InChI=1S/C16H19FN4O5S/c1-4-21-15(18)14(9(2)19-21)16(23)26-8-13(22)11-6-5-10(7-12(11)17)20-27(3,24)25/h5-7,20H,4,8,18H2,1-3H3. The number of nitrogen functional groups attached to an aromatic ring is 1. The molecule has 0 unspecified atom stereocenters. The summed E-state index contributed by atoms with van der Waals surface area (Å²) in [4.78, 5) is 24.3. The van der Waals surface area contributed by atoms with Crippen molar-refractivity contribution in [1.29, 1.82) is 0 Å². The molecule has 0 atom stereocenters. The maximum absolute atomic E-state index is 14.1.